The van der Waals surface area contributed by atoms with E-state index in [1.54, 1.807) is 0 Å². The van der Waals surface area contributed by atoms with Crippen LogP contribution < -0.4 is 10.2 Å². The molecule has 3 nitrogen and oxygen atoms in total. The highest BCUT2D eigenvalue weighted by Crippen LogP contribution is 2.07. The number of hydrogen-bond donors (Lipinski definition) is 2. The second-order valence-corrected chi connectivity index (χ2v) is 2.24. The van der Waals surface area contributed by atoms with Crippen LogP contribution in [0.2, 0.25) is 0 Å². The van der Waals surface area contributed by atoms with Gasteiger partial charge < -0.3 is 5.32 Å². The molecule has 0 aliphatic heterocycles. The van der Waals surface area contributed by atoms with E-state index in [1.807, 2.05) is 4.84 Å². The number of amides is 2. The molecule has 1 aromatic rings. The van der Waals surface area contributed by atoms with Gasteiger partial charge in [-0.3, -0.25) is 0 Å². The van der Waals surface area contributed by atoms with Gasteiger partial charge in [0.1, 0.15) is 5.82 Å². The monoisotopic (exact) mass is 188 g/mol. The van der Waals surface area contributed by atoms with Gasteiger partial charge in [0.2, 0.25) is 0 Å². The molecule has 0 aliphatic carbocycles. The highest BCUT2D eigenvalue weighted by molar-refractivity contribution is 6.22. The Labute approximate surface area is 73.6 Å². The Morgan fingerprint density at radius 1 is 1.33 bits per heavy atom. The summed E-state index contributed by atoms with van der Waals surface area (Å²) in [5, 5.41) is 2.37. The molecule has 0 saturated heterocycles. The summed E-state index contributed by atoms with van der Waals surface area (Å²) in [5.74, 6) is -0.355. The number of carbonyl (C=O) groups is 1. The van der Waals surface area contributed by atoms with E-state index in [0.29, 0.717) is 5.69 Å². The van der Waals surface area contributed by atoms with E-state index in [1.165, 1.54) is 24.3 Å². The number of rotatable bonds is 1. The van der Waals surface area contributed by atoms with Crippen LogP contribution in [-0.4, -0.2) is 6.03 Å². The fraction of sp³-hybridized carbons (Fsp3) is 0. The van der Waals surface area contributed by atoms with Crippen LogP contribution in [0, 0.1) is 5.82 Å². The van der Waals surface area contributed by atoms with Crippen LogP contribution >= 0.6 is 11.8 Å². The van der Waals surface area contributed by atoms with Gasteiger partial charge in [0.25, 0.3) is 0 Å². The van der Waals surface area contributed by atoms with E-state index in [0.717, 1.165) is 0 Å². The normalized spacial score (nSPS) is 9.17. The summed E-state index contributed by atoms with van der Waals surface area (Å²) in [5.41, 5.74) is 0.481. The number of urea groups is 1. The number of halogens is 2. The number of anilines is 1. The molecule has 0 spiro atoms. The molecule has 0 radical (unpaired) electrons. The third kappa shape index (κ3) is 2.39. The number of benzene rings is 1. The molecular formula is C7H6ClFN2O. The molecule has 2 N–H and O–H groups in total. The Morgan fingerprint density at radius 2 is 1.92 bits per heavy atom. The maximum absolute atomic E-state index is 12.4. The van der Waals surface area contributed by atoms with Crippen molar-refractivity contribution in [2.75, 3.05) is 5.32 Å². The first-order valence-electron chi connectivity index (χ1n) is 3.15. The average molecular weight is 189 g/mol. The maximum atomic E-state index is 12.4. The van der Waals surface area contributed by atoms with E-state index < -0.39 is 6.03 Å². The summed E-state index contributed by atoms with van der Waals surface area (Å²) in [7, 11) is 0. The minimum absolute atomic E-state index is 0.355. The minimum atomic E-state index is -0.553. The zero-order chi connectivity index (χ0) is 8.97. The number of nitrogens with one attached hydrogen (secondary N) is 2. The van der Waals surface area contributed by atoms with E-state index >= 15 is 0 Å². The van der Waals surface area contributed by atoms with Crippen molar-refractivity contribution in [1.82, 2.24) is 4.84 Å². The highest BCUT2D eigenvalue weighted by atomic mass is 35.5. The Balaban J connectivity index is 2.64. The topological polar surface area (TPSA) is 41.1 Å². The van der Waals surface area contributed by atoms with Gasteiger partial charge in [-0.25, -0.2) is 14.0 Å². The summed E-state index contributed by atoms with van der Waals surface area (Å²) in [6.45, 7) is 0. The van der Waals surface area contributed by atoms with Crippen molar-refractivity contribution in [3.8, 4) is 0 Å². The molecule has 0 aliphatic rings. The largest absolute Gasteiger partial charge is 0.333 e. The van der Waals surface area contributed by atoms with E-state index in [4.69, 9.17) is 11.8 Å². The van der Waals surface area contributed by atoms with Gasteiger partial charge >= 0.3 is 6.03 Å². The summed E-state index contributed by atoms with van der Waals surface area (Å²) >= 11 is 5.00. The van der Waals surface area contributed by atoms with Gasteiger partial charge in [-0.2, -0.15) is 0 Å². The molecule has 0 bridgehead atoms. The smallest absolute Gasteiger partial charge is 0.307 e. The molecular weight excluding hydrogens is 183 g/mol. The van der Waals surface area contributed by atoms with Crippen LogP contribution in [0.3, 0.4) is 0 Å². The Morgan fingerprint density at radius 3 is 2.42 bits per heavy atom. The standard InChI is InChI=1S/C7H6ClFN2O/c8-11-7(12)10-6-3-1-5(9)2-4-6/h1-4H,(H2,10,11,12). The zero-order valence-corrected chi connectivity index (χ0v) is 6.73. The van der Waals surface area contributed by atoms with Crippen molar-refractivity contribution >= 4 is 23.5 Å². The third-order valence-electron chi connectivity index (χ3n) is 1.19. The zero-order valence-electron chi connectivity index (χ0n) is 5.97. The van der Waals surface area contributed by atoms with Crippen LogP contribution in [0.25, 0.3) is 0 Å². The third-order valence-corrected chi connectivity index (χ3v) is 1.36. The lowest BCUT2D eigenvalue weighted by Crippen LogP contribution is -2.20. The SMILES string of the molecule is O=C(NCl)Nc1ccc(F)cc1. The first-order valence-corrected chi connectivity index (χ1v) is 3.53. The number of carbonyl (C=O) groups excluding carboxylic acids is 1. The van der Waals surface area contributed by atoms with Crippen LogP contribution in [0.1, 0.15) is 0 Å². The maximum Gasteiger partial charge on any atom is 0.333 e. The van der Waals surface area contributed by atoms with Crippen LogP contribution in [0.4, 0.5) is 14.9 Å². The molecule has 0 atom stereocenters. The molecule has 12 heavy (non-hydrogen) atoms. The Bertz CT molecular complexity index is 275. The lowest BCUT2D eigenvalue weighted by molar-refractivity contribution is 0.257. The fourth-order valence-corrected chi connectivity index (χ4v) is 0.735. The highest BCUT2D eigenvalue weighted by Gasteiger charge is 1.98. The summed E-state index contributed by atoms with van der Waals surface area (Å²) in [6, 6.07) is 4.79. The van der Waals surface area contributed by atoms with Crippen molar-refractivity contribution in [2.24, 2.45) is 0 Å². The van der Waals surface area contributed by atoms with Crippen molar-refractivity contribution in [3.05, 3.63) is 30.1 Å². The second-order valence-electron chi connectivity index (χ2n) is 2.06. The summed E-state index contributed by atoms with van der Waals surface area (Å²) < 4.78 is 12.4. The summed E-state index contributed by atoms with van der Waals surface area (Å²) in [6.07, 6.45) is 0. The number of hydrogen-bond acceptors (Lipinski definition) is 1. The molecule has 0 aromatic heterocycles. The molecule has 5 heteroatoms. The van der Waals surface area contributed by atoms with Gasteiger partial charge in [0.05, 0.1) is 0 Å². The van der Waals surface area contributed by atoms with Crippen molar-refractivity contribution < 1.29 is 9.18 Å². The first-order chi connectivity index (χ1) is 5.72. The molecule has 1 rings (SSSR count). The predicted octanol–water partition coefficient (Wildman–Crippen LogP) is 2.10. The lowest BCUT2D eigenvalue weighted by Gasteiger charge is -2.01. The van der Waals surface area contributed by atoms with Gasteiger partial charge in [-0.15, -0.1) is 0 Å². The molecule has 0 fully saturated rings. The van der Waals surface area contributed by atoms with Crippen LogP contribution in [0.5, 0.6) is 0 Å². The Kier molecular flexibility index (Phi) is 2.88. The first kappa shape index (κ1) is 8.80. The van der Waals surface area contributed by atoms with Gasteiger partial charge in [-0.05, 0) is 24.3 Å². The van der Waals surface area contributed by atoms with Crippen molar-refractivity contribution in [2.45, 2.75) is 0 Å². The average Bonchev–Trinajstić information content (AvgIpc) is 2.09. The van der Waals surface area contributed by atoms with Gasteiger partial charge in [-0.1, -0.05) is 0 Å². The second kappa shape index (κ2) is 3.92. The molecule has 1 aromatic carbocycles. The van der Waals surface area contributed by atoms with Gasteiger partial charge in [0.15, 0.2) is 0 Å². The minimum Gasteiger partial charge on any atom is -0.307 e. The summed E-state index contributed by atoms with van der Waals surface area (Å²) in [4.78, 5) is 12.5. The van der Waals surface area contributed by atoms with E-state index in [2.05, 4.69) is 5.32 Å². The molecule has 0 heterocycles. The molecule has 0 unspecified atom stereocenters. The van der Waals surface area contributed by atoms with Crippen molar-refractivity contribution in [1.29, 1.82) is 0 Å². The molecule has 0 saturated carbocycles. The quantitative estimate of drug-likeness (QED) is 0.651. The van der Waals surface area contributed by atoms with Gasteiger partial charge in [0, 0.05) is 17.5 Å². The van der Waals surface area contributed by atoms with E-state index in [-0.39, 0.29) is 5.82 Å². The van der Waals surface area contributed by atoms with Crippen molar-refractivity contribution in [3.63, 3.8) is 0 Å². The lowest BCUT2D eigenvalue weighted by atomic mass is 10.3. The fourth-order valence-electron chi connectivity index (χ4n) is 0.688. The molecule has 2 amide bonds. The van der Waals surface area contributed by atoms with Crippen LogP contribution in [0.15, 0.2) is 24.3 Å². The Hall–Kier alpha value is -1.29. The predicted molar refractivity (Wildman–Crippen MR) is 44.4 cm³/mol. The van der Waals surface area contributed by atoms with Crippen LogP contribution in [-0.2, 0) is 0 Å². The van der Waals surface area contributed by atoms with E-state index in [9.17, 15) is 9.18 Å². The molecule has 64 valence electrons.